The van der Waals surface area contributed by atoms with E-state index in [9.17, 15) is 4.79 Å². The monoisotopic (exact) mass is 571 g/mol. The predicted octanol–water partition coefficient (Wildman–Crippen LogP) is 3.36. The van der Waals surface area contributed by atoms with Crippen LogP contribution in [0, 0.1) is 12.3 Å². The Kier molecular flexibility index (Phi) is 6.95. The Labute approximate surface area is 241 Å². The van der Waals surface area contributed by atoms with E-state index in [1.54, 1.807) is 12.3 Å². The molecular formula is C32H37N3O5Si. The van der Waals surface area contributed by atoms with Gasteiger partial charge >= 0.3 is 5.69 Å². The maximum atomic E-state index is 13.0. The van der Waals surface area contributed by atoms with Crippen LogP contribution >= 0.6 is 0 Å². The second kappa shape index (κ2) is 10.2. The second-order valence-corrected chi connectivity index (χ2v) is 16.6. The molecule has 2 aliphatic heterocycles. The van der Waals surface area contributed by atoms with Gasteiger partial charge in [-0.25, -0.2) is 4.79 Å². The van der Waals surface area contributed by atoms with Gasteiger partial charge in [-0.05, 0) is 34.3 Å². The maximum Gasteiger partial charge on any atom is 0.351 e. The smallest absolute Gasteiger partial charge is 0.351 e. The first-order valence-corrected chi connectivity index (χ1v) is 16.1. The zero-order valence-corrected chi connectivity index (χ0v) is 24.8. The minimum Gasteiger partial charge on any atom is -0.403 e. The maximum absolute atomic E-state index is 13.0. The van der Waals surface area contributed by atoms with E-state index in [-0.39, 0.29) is 17.5 Å². The van der Waals surface area contributed by atoms with Crippen LogP contribution in [0.3, 0.4) is 0 Å². The Hall–Kier alpha value is -3.26. The van der Waals surface area contributed by atoms with Gasteiger partial charge in [0.1, 0.15) is 18.0 Å². The zero-order chi connectivity index (χ0) is 28.9. The molecule has 2 N–H and O–H groups in total. The van der Waals surface area contributed by atoms with Crippen LogP contribution in [-0.2, 0) is 18.6 Å². The molecule has 9 heteroatoms. The molecule has 3 aromatic rings. The number of aromatic nitrogens is 2. The number of benzene rings is 2. The van der Waals surface area contributed by atoms with Gasteiger partial charge in [0.15, 0.2) is 17.6 Å². The Morgan fingerprint density at radius 2 is 1.63 bits per heavy atom. The lowest BCUT2D eigenvalue weighted by atomic mass is 9.97. The number of nitrogen functional groups attached to an aromatic ring is 1. The summed E-state index contributed by atoms with van der Waals surface area (Å²) in [7, 11) is -2.95. The quantitative estimate of drug-likeness (QED) is 0.358. The molecule has 3 aliphatic rings. The molecule has 4 atom stereocenters. The molecule has 214 valence electrons. The van der Waals surface area contributed by atoms with Crippen molar-refractivity contribution in [3.05, 3.63) is 83.4 Å². The minimum absolute atomic E-state index is 0.0606. The van der Waals surface area contributed by atoms with Gasteiger partial charge in [-0.3, -0.25) is 4.57 Å². The van der Waals surface area contributed by atoms with Gasteiger partial charge in [0.25, 0.3) is 8.32 Å². The highest BCUT2D eigenvalue weighted by Gasteiger charge is 2.66. The first-order valence-electron chi connectivity index (χ1n) is 14.2. The molecule has 8 nitrogen and oxygen atoms in total. The third kappa shape index (κ3) is 4.55. The number of nitrogens with zero attached hydrogens (tertiary/aromatic N) is 2. The molecule has 1 spiro atoms. The Bertz CT molecular complexity index is 1450. The van der Waals surface area contributed by atoms with Gasteiger partial charge in [0.2, 0.25) is 0 Å². The predicted molar refractivity (Wildman–Crippen MR) is 159 cm³/mol. The van der Waals surface area contributed by atoms with Gasteiger partial charge in [-0.15, -0.1) is 6.42 Å². The van der Waals surface area contributed by atoms with E-state index in [4.69, 9.17) is 30.8 Å². The van der Waals surface area contributed by atoms with Gasteiger partial charge in [-0.2, -0.15) is 4.98 Å². The molecule has 1 aliphatic carbocycles. The molecule has 6 rings (SSSR count). The third-order valence-electron chi connectivity index (χ3n) is 8.72. The summed E-state index contributed by atoms with van der Waals surface area (Å²) in [5.74, 6) is 2.31. The van der Waals surface area contributed by atoms with Crippen molar-refractivity contribution in [3.63, 3.8) is 0 Å². The van der Waals surface area contributed by atoms with Crippen LogP contribution in [0.25, 0.3) is 0 Å². The SMILES string of the molecule is C#C[C@]1(CO[Si](c2ccccc2)(c2ccccc2)C(C)(C)C)O[C@@H](n2ccc(N)nc2=O)[C@@H]2OC3(CCCC3)O[C@@H]21. The molecule has 0 unspecified atom stereocenters. The number of terminal acetylenes is 1. The van der Waals surface area contributed by atoms with Gasteiger partial charge in [-0.1, -0.05) is 87.4 Å². The molecule has 0 amide bonds. The molecule has 1 saturated carbocycles. The van der Waals surface area contributed by atoms with Crippen molar-refractivity contribution in [1.29, 1.82) is 0 Å². The summed E-state index contributed by atoms with van der Waals surface area (Å²) >= 11 is 0. The largest absolute Gasteiger partial charge is 0.403 e. The van der Waals surface area contributed by atoms with Crippen LogP contribution < -0.4 is 21.8 Å². The summed E-state index contributed by atoms with van der Waals surface area (Å²) in [5.41, 5.74) is 3.94. The lowest BCUT2D eigenvalue weighted by Crippen LogP contribution is -2.68. The van der Waals surface area contributed by atoms with Gasteiger partial charge in [0.05, 0.1) is 6.61 Å². The molecule has 1 aromatic heterocycles. The molecule has 0 radical (unpaired) electrons. The number of anilines is 1. The molecule has 3 fully saturated rings. The van der Waals surface area contributed by atoms with Crippen LogP contribution in [-0.4, -0.2) is 48.1 Å². The average molecular weight is 572 g/mol. The Balaban J connectivity index is 1.44. The average Bonchev–Trinajstić information content (AvgIpc) is 3.65. The van der Waals surface area contributed by atoms with Crippen molar-refractivity contribution in [1.82, 2.24) is 9.55 Å². The lowest BCUT2D eigenvalue weighted by molar-refractivity contribution is -0.227. The first kappa shape index (κ1) is 27.9. The van der Waals surface area contributed by atoms with Crippen molar-refractivity contribution in [2.75, 3.05) is 12.3 Å². The van der Waals surface area contributed by atoms with E-state index < -0.39 is 43.8 Å². The van der Waals surface area contributed by atoms with E-state index in [1.807, 2.05) is 36.4 Å². The van der Waals surface area contributed by atoms with Crippen molar-refractivity contribution in [3.8, 4) is 12.3 Å². The van der Waals surface area contributed by atoms with Crippen molar-refractivity contribution in [2.45, 2.75) is 81.3 Å². The molecule has 2 saturated heterocycles. The van der Waals surface area contributed by atoms with E-state index in [2.05, 4.69) is 55.9 Å². The number of hydrogen-bond acceptors (Lipinski definition) is 7. The van der Waals surface area contributed by atoms with Crippen molar-refractivity contribution < 1.29 is 18.6 Å². The highest BCUT2D eigenvalue weighted by molar-refractivity contribution is 6.99. The normalized spacial score (nSPS) is 27.1. The fourth-order valence-electron chi connectivity index (χ4n) is 6.79. The van der Waals surface area contributed by atoms with E-state index >= 15 is 0 Å². The molecule has 2 aromatic carbocycles. The molecule has 0 bridgehead atoms. The van der Waals surface area contributed by atoms with E-state index in [1.165, 1.54) is 4.57 Å². The molecular weight excluding hydrogens is 534 g/mol. The zero-order valence-electron chi connectivity index (χ0n) is 23.8. The summed E-state index contributed by atoms with van der Waals surface area (Å²) < 4.78 is 28.6. The van der Waals surface area contributed by atoms with Crippen LogP contribution in [0.4, 0.5) is 5.82 Å². The summed E-state index contributed by atoms with van der Waals surface area (Å²) in [5, 5.41) is 2.00. The summed E-state index contributed by atoms with van der Waals surface area (Å²) in [6, 6.07) is 22.3. The molecule has 41 heavy (non-hydrogen) atoms. The second-order valence-electron chi connectivity index (χ2n) is 12.3. The summed E-state index contributed by atoms with van der Waals surface area (Å²) in [4.78, 5) is 16.9. The number of ether oxygens (including phenoxy) is 3. The Morgan fingerprint density at radius 1 is 1.02 bits per heavy atom. The number of fused-ring (bicyclic) bond motifs is 1. The van der Waals surface area contributed by atoms with Crippen LogP contribution in [0.2, 0.25) is 5.04 Å². The number of hydrogen-bond donors (Lipinski definition) is 1. The Morgan fingerprint density at radius 3 is 2.17 bits per heavy atom. The number of rotatable bonds is 6. The lowest BCUT2D eigenvalue weighted by Gasteiger charge is -2.44. The third-order valence-corrected chi connectivity index (χ3v) is 13.7. The van der Waals surface area contributed by atoms with E-state index in [0.717, 1.165) is 36.1 Å². The number of nitrogens with two attached hydrogens (primary N) is 1. The fraction of sp³-hybridized carbons (Fsp3) is 0.438. The topological polar surface area (TPSA) is 97.8 Å². The molecule has 3 heterocycles. The van der Waals surface area contributed by atoms with Crippen LogP contribution in [0.15, 0.2) is 77.7 Å². The van der Waals surface area contributed by atoms with Crippen molar-refractivity contribution in [2.24, 2.45) is 0 Å². The standard InChI is InChI=1S/C32H37N3O5Si/c1-5-31(22-37-41(30(2,3)4,23-14-8-6-9-15-23)24-16-10-7-11-17-24)27-26(38-32(39-27)19-12-13-20-32)28(40-31)35-21-18-25(33)34-29(35)36/h1,6-11,14-18,21,26-28H,12-13,19-20,22H2,2-4H3,(H2,33,34,36)/t26-,27+,28-,31-/m1/s1. The first-order chi connectivity index (χ1) is 19.6. The van der Waals surface area contributed by atoms with Crippen molar-refractivity contribution >= 4 is 24.5 Å². The summed E-state index contributed by atoms with van der Waals surface area (Å²) in [6.45, 7) is 6.70. The van der Waals surface area contributed by atoms with Crippen LogP contribution in [0.1, 0.15) is 52.7 Å². The fourth-order valence-corrected chi connectivity index (χ4v) is 11.4. The summed E-state index contributed by atoms with van der Waals surface area (Å²) in [6.07, 6.45) is 9.32. The van der Waals surface area contributed by atoms with E-state index in [0.29, 0.717) is 0 Å². The minimum atomic E-state index is -2.95. The van der Waals surface area contributed by atoms with Crippen LogP contribution in [0.5, 0.6) is 0 Å². The highest BCUT2D eigenvalue weighted by Crippen LogP contribution is 2.53. The van der Waals surface area contributed by atoms with Gasteiger partial charge in [0, 0.05) is 19.0 Å². The van der Waals surface area contributed by atoms with Gasteiger partial charge < -0.3 is 24.4 Å². The highest BCUT2D eigenvalue weighted by atomic mass is 28.4.